The highest BCUT2D eigenvalue weighted by Crippen LogP contribution is 2.35. The number of nitrogens with zero attached hydrogens (tertiary/aromatic N) is 1. The van der Waals surface area contributed by atoms with E-state index in [1.807, 2.05) is 0 Å². The first-order valence-corrected chi connectivity index (χ1v) is 4.97. The van der Waals surface area contributed by atoms with Gasteiger partial charge in [-0.2, -0.15) is 13.2 Å². The number of hydrogen-bond donors (Lipinski definition) is 0. The Morgan fingerprint density at radius 1 is 1.06 bits per heavy atom. The highest BCUT2D eigenvalue weighted by Gasteiger charge is 2.33. The fourth-order valence-electron chi connectivity index (χ4n) is 1.34. The van der Waals surface area contributed by atoms with Crippen molar-refractivity contribution >= 4 is 34.1 Å². The van der Waals surface area contributed by atoms with E-state index in [4.69, 9.17) is 23.2 Å². The van der Waals surface area contributed by atoms with E-state index in [1.54, 1.807) is 6.07 Å². The van der Waals surface area contributed by atoms with Crippen LogP contribution in [-0.2, 0) is 6.18 Å². The molecule has 0 N–H and O–H groups in total. The van der Waals surface area contributed by atoms with Crippen molar-refractivity contribution in [2.75, 3.05) is 0 Å². The molecule has 1 aromatic heterocycles. The number of benzene rings is 1. The van der Waals surface area contributed by atoms with Gasteiger partial charge in [-0.05, 0) is 18.2 Å². The van der Waals surface area contributed by atoms with Crippen LogP contribution in [0.25, 0.3) is 10.9 Å². The number of hydrogen-bond acceptors (Lipinski definition) is 1. The summed E-state index contributed by atoms with van der Waals surface area (Å²) in [4.78, 5) is 3.47. The molecule has 1 aromatic carbocycles. The van der Waals surface area contributed by atoms with Crippen LogP contribution in [-0.4, -0.2) is 4.98 Å². The van der Waals surface area contributed by atoms with E-state index in [-0.39, 0.29) is 15.6 Å². The van der Waals surface area contributed by atoms with Crippen LogP contribution < -0.4 is 0 Å². The molecule has 2 rings (SSSR count). The van der Waals surface area contributed by atoms with E-state index in [0.29, 0.717) is 5.39 Å². The molecule has 0 spiro atoms. The van der Waals surface area contributed by atoms with Crippen LogP contribution in [0.2, 0.25) is 10.0 Å². The second-order valence-electron chi connectivity index (χ2n) is 3.12. The smallest absolute Gasteiger partial charge is 0.243 e. The number of rotatable bonds is 0. The molecule has 0 saturated heterocycles. The molecule has 84 valence electrons. The van der Waals surface area contributed by atoms with E-state index >= 15 is 0 Å². The zero-order valence-electron chi connectivity index (χ0n) is 7.65. The summed E-state index contributed by atoms with van der Waals surface area (Å²) in [5.74, 6) is 0. The maximum absolute atomic E-state index is 12.4. The van der Waals surface area contributed by atoms with Crippen LogP contribution in [0.4, 0.5) is 13.2 Å². The third-order valence-electron chi connectivity index (χ3n) is 2.03. The summed E-state index contributed by atoms with van der Waals surface area (Å²) in [6, 6.07) is 5.27. The molecule has 0 aliphatic rings. The van der Waals surface area contributed by atoms with Crippen molar-refractivity contribution in [3.05, 3.63) is 40.0 Å². The fourth-order valence-corrected chi connectivity index (χ4v) is 1.96. The normalized spacial score (nSPS) is 12.1. The Bertz CT molecular complexity index is 551. The van der Waals surface area contributed by atoms with Gasteiger partial charge in [-0.3, -0.25) is 0 Å². The molecule has 1 heterocycles. The highest BCUT2D eigenvalue weighted by molar-refractivity contribution is 6.42. The molecule has 0 bridgehead atoms. The molecule has 1 nitrogen and oxygen atoms in total. The first-order chi connectivity index (χ1) is 7.39. The molecule has 0 aliphatic carbocycles. The van der Waals surface area contributed by atoms with Crippen molar-refractivity contribution in [1.82, 2.24) is 4.98 Å². The van der Waals surface area contributed by atoms with Crippen molar-refractivity contribution in [1.29, 1.82) is 0 Å². The van der Waals surface area contributed by atoms with Gasteiger partial charge in [-0.25, -0.2) is 4.98 Å². The van der Waals surface area contributed by atoms with E-state index in [2.05, 4.69) is 4.98 Å². The monoisotopic (exact) mass is 265 g/mol. The van der Waals surface area contributed by atoms with Gasteiger partial charge in [0.2, 0.25) is 0 Å². The van der Waals surface area contributed by atoms with Crippen molar-refractivity contribution in [2.45, 2.75) is 6.18 Å². The minimum Gasteiger partial charge on any atom is -0.243 e. The largest absolute Gasteiger partial charge is 0.433 e. The van der Waals surface area contributed by atoms with Gasteiger partial charge < -0.3 is 0 Å². The van der Waals surface area contributed by atoms with Crippen LogP contribution in [0.5, 0.6) is 0 Å². The second-order valence-corrected chi connectivity index (χ2v) is 3.94. The first kappa shape index (κ1) is 11.5. The summed E-state index contributed by atoms with van der Waals surface area (Å²) in [5.41, 5.74) is -0.889. The number of fused-ring (bicyclic) bond motifs is 1. The Hall–Kier alpha value is -1.00. The molecule has 0 atom stereocenters. The quantitative estimate of drug-likeness (QED) is 0.681. The van der Waals surface area contributed by atoms with Gasteiger partial charge in [0.05, 0.1) is 15.6 Å². The van der Waals surface area contributed by atoms with Gasteiger partial charge in [0.25, 0.3) is 0 Å². The van der Waals surface area contributed by atoms with Crippen LogP contribution >= 0.6 is 23.2 Å². The Kier molecular flexibility index (Phi) is 2.72. The van der Waals surface area contributed by atoms with Crippen LogP contribution in [0.3, 0.4) is 0 Å². The van der Waals surface area contributed by atoms with Gasteiger partial charge in [0.1, 0.15) is 5.69 Å². The number of halogens is 5. The lowest BCUT2D eigenvalue weighted by Gasteiger charge is -2.09. The third kappa shape index (κ3) is 1.95. The predicted octanol–water partition coefficient (Wildman–Crippen LogP) is 4.56. The summed E-state index contributed by atoms with van der Waals surface area (Å²) in [6.07, 6.45) is -4.51. The standard InChI is InChI=1S/C10H4Cl2F3N/c11-5-2-1-3-7-9(5)6(12)4-8(16-7)10(13,14)15/h1-4H. The molecule has 0 radical (unpaired) electrons. The predicted molar refractivity (Wildman–Crippen MR) is 56.8 cm³/mol. The zero-order chi connectivity index (χ0) is 11.9. The maximum Gasteiger partial charge on any atom is 0.433 e. The lowest BCUT2D eigenvalue weighted by atomic mass is 10.2. The van der Waals surface area contributed by atoms with Gasteiger partial charge in [0.15, 0.2) is 0 Å². The minimum absolute atomic E-state index is 0.0528. The van der Waals surface area contributed by atoms with Crippen LogP contribution in [0.15, 0.2) is 24.3 Å². The maximum atomic E-state index is 12.4. The molecule has 6 heteroatoms. The summed E-state index contributed by atoms with van der Waals surface area (Å²) in [6.45, 7) is 0. The molecule has 0 unspecified atom stereocenters. The van der Waals surface area contributed by atoms with Crippen molar-refractivity contribution < 1.29 is 13.2 Å². The summed E-state index contributed by atoms with van der Waals surface area (Å²) < 4.78 is 37.3. The number of aromatic nitrogens is 1. The lowest BCUT2D eigenvalue weighted by Crippen LogP contribution is -2.07. The highest BCUT2D eigenvalue weighted by atomic mass is 35.5. The second kappa shape index (κ2) is 3.79. The average molecular weight is 266 g/mol. The van der Waals surface area contributed by atoms with Gasteiger partial charge >= 0.3 is 6.18 Å². The van der Waals surface area contributed by atoms with Crippen LogP contribution in [0.1, 0.15) is 5.69 Å². The van der Waals surface area contributed by atoms with E-state index < -0.39 is 11.9 Å². The van der Waals surface area contributed by atoms with Crippen molar-refractivity contribution in [2.24, 2.45) is 0 Å². The summed E-state index contributed by atoms with van der Waals surface area (Å²) in [7, 11) is 0. The Morgan fingerprint density at radius 2 is 1.75 bits per heavy atom. The van der Waals surface area contributed by atoms with Gasteiger partial charge in [-0.1, -0.05) is 29.3 Å². The lowest BCUT2D eigenvalue weighted by molar-refractivity contribution is -0.140. The molecule has 0 fully saturated rings. The summed E-state index contributed by atoms with van der Waals surface area (Å²) in [5, 5.41) is 0.561. The van der Waals surface area contributed by atoms with Crippen molar-refractivity contribution in [3.8, 4) is 0 Å². The molecular weight excluding hydrogens is 262 g/mol. The molecular formula is C10H4Cl2F3N. The molecule has 0 saturated carbocycles. The molecule has 0 amide bonds. The first-order valence-electron chi connectivity index (χ1n) is 4.21. The van der Waals surface area contributed by atoms with E-state index in [9.17, 15) is 13.2 Å². The Balaban J connectivity index is 2.79. The molecule has 2 aromatic rings. The average Bonchev–Trinajstić information content (AvgIpc) is 2.15. The molecule has 16 heavy (non-hydrogen) atoms. The Labute approximate surface area is 98.8 Å². The Morgan fingerprint density at radius 3 is 2.38 bits per heavy atom. The minimum atomic E-state index is -4.51. The van der Waals surface area contributed by atoms with Gasteiger partial charge in [-0.15, -0.1) is 0 Å². The fraction of sp³-hybridized carbons (Fsp3) is 0.100. The van der Waals surface area contributed by atoms with Crippen LogP contribution in [0, 0.1) is 0 Å². The topological polar surface area (TPSA) is 12.9 Å². The SMILES string of the molecule is FC(F)(F)c1cc(Cl)c2c(Cl)cccc2n1. The van der Waals surface area contributed by atoms with E-state index in [0.717, 1.165) is 6.07 Å². The number of pyridine rings is 1. The third-order valence-corrected chi connectivity index (χ3v) is 2.64. The van der Waals surface area contributed by atoms with E-state index in [1.165, 1.54) is 12.1 Å². The molecule has 0 aliphatic heterocycles. The number of alkyl halides is 3. The van der Waals surface area contributed by atoms with Gasteiger partial charge in [0, 0.05) is 5.39 Å². The summed E-state index contributed by atoms with van der Waals surface area (Å²) >= 11 is 11.6. The van der Waals surface area contributed by atoms with Crippen molar-refractivity contribution in [3.63, 3.8) is 0 Å². The zero-order valence-corrected chi connectivity index (χ0v) is 9.16.